The molecule has 1 aromatic heterocycles. The van der Waals surface area contributed by atoms with E-state index < -0.39 is 0 Å². The van der Waals surface area contributed by atoms with Crippen molar-refractivity contribution in [3.05, 3.63) is 22.4 Å². The molecule has 2 nitrogen and oxygen atoms in total. The molecule has 1 aliphatic heterocycles. The van der Waals surface area contributed by atoms with Crippen molar-refractivity contribution in [1.29, 1.82) is 0 Å². The number of hydrogen-bond donors (Lipinski definition) is 0. The fourth-order valence-electron chi connectivity index (χ4n) is 5.77. The van der Waals surface area contributed by atoms with E-state index in [2.05, 4.69) is 45.2 Å². The lowest BCUT2D eigenvalue weighted by atomic mass is 9.70. The van der Waals surface area contributed by atoms with Crippen molar-refractivity contribution in [3.8, 4) is 0 Å². The van der Waals surface area contributed by atoms with Crippen LogP contribution < -0.4 is 0 Å². The molecule has 0 aromatic carbocycles. The molecule has 6 atom stereocenters. The van der Waals surface area contributed by atoms with E-state index in [4.69, 9.17) is 9.47 Å². The summed E-state index contributed by atoms with van der Waals surface area (Å²) in [5.74, 6) is 1.52. The molecule has 3 heteroatoms. The van der Waals surface area contributed by atoms with Crippen LogP contribution in [0.5, 0.6) is 0 Å². The summed E-state index contributed by atoms with van der Waals surface area (Å²) < 4.78 is 13.0. The Labute approximate surface area is 144 Å². The predicted molar refractivity (Wildman–Crippen MR) is 94.4 cm³/mol. The third-order valence-electron chi connectivity index (χ3n) is 7.40. The van der Waals surface area contributed by atoms with Crippen molar-refractivity contribution in [2.75, 3.05) is 0 Å². The van der Waals surface area contributed by atoms with Crippen LogP contribution in [0.2, 0.25) is 0 Å². The maximum absolute atomic E-state index is 6.52. The van der Waals surface area contributed by atoms with E-state index in [-0.39, 0.29) is 12.4 Å². The summed E-state index contributed by atoms with van der Waals surface area (Å²) in [5.41, 5.74) is 0.757. The normalized spacial score (nSPS) is 42.1. The van der Waals surface area contributed by atoms with Gasteiger partial charge in [-0.05, 0) is 53.4 Å². The minimum atomic E-state index is -0.000301. The van der Waals surface area contributed by atoms with Crippen LogP contribution in [0.4, 0.5) is 0 Å². The molecule has 23 heavy (non-hydrogen) atoms. The van der Waals surface area contributed by atoms with Gasteiger partial charge in [-0.3, -0.25) is 0 Å². The molecule has 4 rings (SSSR count). The van der Waals surface area contributed by atoms with Crippen LogP contribution in [0.3, 0.4) is 0 Å². The number of thiophene rings is 1. The Morgan fingerprint density at radius 1 is 1.39 bits per heavy atom. The van der Waals surface area contributed by atoms with E-state index in [1.165, 1.54) is 17.7 Å². The summed E-state index contributed by atoms with van der Waals surface area (Å²) in [6.07, 6.45) is 6.65. The molecule has 0 amide bonds. The number of rotatable bonds is 5. The molecule has 0 unspecified atom stereocenters. The Hall–Kier alpha value is -0.380. The molecule has 1 aromatic rings. The second-order valence-corrected chi connectivity index (χ2v) is 9.58. The smallest absolute Gasteiger partial charge is 0.159 e. The van der Waals surface area contributed by atoms with Gasteiger partial charge in [0, 0.05) is 11.3 Å². The van der Waals surface area contributed by atoms with Crippen LogP contribution in [0.15, 0.2) is 17.5 Å². The molecule has 2 heterocycles. The van der Waals surface area contributed by atoms with E-state index >= 15 is 0 Å². The monoisotopic (exact) mass is 334 g/mol. The summed E-state index contributed by atoms with van der Waals surface area (Å²) in [7, 11) is 0. The molecule has 0 radical (unpaired) electrons. The van der Waals surface area contributed by atoms with Gasteiger partial charge in [0.1, 0.15) is 0 Å². The number of ether oxygens (including phenoxy) is 2. The largest absolute Gasteiger partial charge is 0.349 e. The van der Waals surface area contributed by atoms with Gasteiger partial charge in [0.2, 0.25) is 0 Å². The highest BCUT2D eigenvalue weighted by atomic mass is 32.1. The summed E-state index contributed by atoms with van der Waals surface area (Å²) >= 11 is 1.81. The fraction of sp³-hybridized carbons (Fsp3) is 0.800. The lowest BCUT2D eigenvalue weighted by Gasteiger charge is -2.39. The van der Waals surface area contributed by atoms with E-state index in [0.717, 1.165) is 25.2 Å². The highest BCUT2D eigenvalue weighted by molar-refractivity contribution is 7.10. The van der Waals surface area contributed by atoms with Gasteiger partial charge in [-0.15, -0.1) is 11.3 Å². The molecular formula is C20H30O2S. The first-order chi connectivity index (χ1) is 11.0. The molecular weight excluding hydrogens is 304 g/mol. The first-order valence-corrected chi connectivity index (χ1v) is 10.2. The minimum Gasteiger partial charge on any atom is -0.349 e. The maximum atomic E-state index is 6.52. The van der Waals surface area contributed by atoms with Crippen LogP contribution in [0, 0.1) is 22.7 Å². The molecule has 2 saturated carbocycles. The minimum absolute atomic E-state index is 0.000301. The van der Waals surface area contributed by atoms with Gasteiger partial charge in [-0.2, -0.15) is 0 Å². The van der Waals surface area contributed by atoms with Gasteiger partial charge in [-0.1, -0.05) is 40.2 Å². The van der Waals surface area contributed by atoms with E-state index in [1.807, 2.05) is 11.3 Å². The average Bonchev–Trinajstić information content (AvgIpc) is 3.22. The Morgan fingerprint density at radius 3 is 2.87 bits per heavy atom. The van der Waals surface area contributed by atoms with E-state index in [1.54, 1.807) is 0 Å². The summed E-state index contributed by atoms with van der Waals surface area (Å²) in [6, 6.07) is 4.33. The molecule has 128 valence electrons. The van der Waals surface area contributed by atoms with Crippen LogP contribution in [-0.4, -0.2) is 12.4 Å². The SMILES string of the molecule is CCC[C@@H](O[C@H]1C[C@H]2[C@H]3CC[C@@](C)([C@H]2O1)C3(C)C)c1cccs1. The van der Waals surface area contributed by atoms with Crippen molar-refractivity contribution < 1.29 is 9.47 Å². The molecule has 3 fully saturated rings. The zero-order chi connectivity index (χ0) is 16.2. The zero-order valence-corrected chi connectivity index (χ0v) is 15.7. The predicted octanol–water partition coefficient (Wildman–Crippen LogP) is 5.79. The lowest BCUT2D eigenvalue weighted by molar-refractivity contribution is -0.188. The van der Waals surface area contributed by atoms with Crippen LogP contribution in [-0.2, 0) is 9.47 Å². The molecule has 1 saturated heterocycles. The maximum Gasteiger partial charge on any atom is 0.159 e. The van der Waals surface area contributed by atoms with Gasteiger partial charge < -0.3 is 9.47 Å². The van der Waals surface area contributed by atoms with Crippen LogP contribution in [0.1, 0.15) is 70.8 Å². The zero-order valence-electron chi connectivity index (χ0n) is 14.9. The number of hydrogen-bond acceptors (Lipinski definition) is 3. The third kappa shape index (κ3) is 2.26. The first kappa shape index (κ1) is 16.1. The van der Waals surface area contributed by atoms with Crippen molar-refractivity contribution in [3.63, 3.8) is 0 Å². The second kappa shape index (κ2) is 5.57. The lowest BCUT2D eigenvalue weighted by Crippen LogP contribution is -2.38. The summed E-state index contributed by atoms with van der Waals surface area (Å²) in [4.78, 5) is 1.35. The van der Waals surface area contributed by atoms with Crippen molar-refractivity contribution in [2.45, 2.75) is 78.3 Å². The second-order valence-electron chi connectivity index (χ2n) is 8.60. The topological polar surface area (TPSA) is 18.5 Å². The van der Waals surface area contributed by atoms with Gasteiger partial charge in [-0.25, -0.2) is 0 Å². The highest BCUT2D eigenvalue weighted by Gasteiger charge is 2.69. The number of fused-ring (bicyclic) bond motifs is 5. The average molecular weight is 335 g/mol. The Balaban J connectivity index is 1.48. The Morgan fingerprint density at radius 2 is 2.22 bits per heavy atom. The molecule has 2 bridgehead atoms. The summed E-state index contributed by atoms with van der Waals surface area (Å²) in [5, 5.41) is 2.15. The van der Waals surface area contributed by atoms with Gasteiger partial charge in [0.05, 0.1) is 12.2 Å². The Bertz CT molecular complexity index is 552. The molecule has 0 spiro atoms. The van der Waals surface area contributed by atoms with Gasteiger partial charge in [0.25, 0.3) is 0 Å². The van der Waals surface area contributed by atoms with E-state index in [9.17, 15) is 0 Å². The first-order valence-electron chi connectivity index (χ1n) is 9.31. The third-order valence-corrected chi connectivity index (χ3v) is 8.36. The quantitative estimate of drug-likeness (QED) is 0.678. The standard InChI is InChI=1S/C20H30O2S/c1-5-7-15(16-8-6-11-23-16)21-17-12-13-14-9-10-20(4,18(13)22-17)19(14,2)3/h6,8,11,13-15,17-18H,5,7,9-10,12H2,1-4H3/t13-,14+,15+,17+,18-,20-/m0/s1. The summed E-state index contributed by atoms with van der Waals surface area (Å²) in [6.45, 7) is 9.63. The molecule has 0 N–H and O–H groups in total. The van der Waals surface area contributed by atoms with Crippen molar-refractivity contribution >= 4 is 11.3 Å². The molecule has 2 aliphatic carbocycles. The van der Waals surface area contributed by atoms with Gasteiger partial charge >= 0.3 is 0 Å². The molecule has 3 aliphatic rings. The Kier molecular flexibility index (Phi) is 3.90. The fourth-order valence-corrected chi connectivity index (χ4v) is 6.57. The highest BCUT2D eigenvalue weighted by Crippen LogP contribution is 2.71. The van der Waals surface area contributed by atoms with Gasteiger partial charge in [0.15, 0.2) is 6.29 Å². The van der Waals surface area contributed by atoms with Crippen LogP contribution in [0.25, 0.3) is 0 Å². The van der Waals surface area contributed by atoms with Crippen molar-refractivity contribution in [2.24, 2.45) is 22.7 Å². The van der Waals surface area contributed by atoms with Crippen LogP contribution >= 0.6 is 11.3 Å². The van der Waals surface area contributed by atoms with Crippen molar-refractivity contribution in [1.82, 2.24) is 0 Å². The van der Waals surface area contributed by atoms with E-state index in [0.29, 0.717) is 22.9 Å².